The van der Waals surface area contributed by atoms with E-state index in [1.54, 1.807) is 11.8 Å². The molecule has 6 nitrogen and oxygen atoms in total. The van der Waals surface area contributed by atoms with Crippen LogP contribution in [0.2, 0.25) is 0 Å². The highest BCUT2D eigenvalue weighted by Crippen LogP contribution is 2.12. The summed E-state index contributed by atoms with van der Waals surface area (Å²) in [6, 6.07) is 9.60. The van der Waals surface area contributed by atoms with E-state index >= 15 is 0 Å². The molecule has 0 bridgehead atoms. The molecule has 1 N–H and O–H groups in total. The zero-order chi connectivity index (χ0) is 16.7. The van der Waals surface area contributed by atoms with E-state index in [4.69, 9.17) is 9.47 Å². The highest BCUT2D eigenvalue weighted by Gasteiger charge is 2.07. The SMILES string of the molecule is COCCOc1ccc(CNC(=O)Cn2nc(C)cc2C)cc1. The number of benzene rings is 1. The lowest BCUT2D eigenvalue weighted by Crippen LogP contribution is -2.27. The maximum Gasteiger partial charge on any atom is 0.242 e. The molecule has 0 fully saturated rings. The zero-order valence-electron chi connectivity index (χ0n) is 13.8. The largest absolute Gasteiger partial charge is 0.491 e. The molecule has 0 radical (unpaired) electrons. The van der Waals surface area contributed by atoms with Crippen molar-refractivity contribution in [3.63, 3.8) is 0 Å². The Bertz CT molecular complexity index is 635. The molecule has 0 aliphatic heterocycles. The van der Waals surface area contributed by atoms with Crippen LogP contribution in [0, 0.1) is 13.8 Å². The number of aromatic nitrogens is 2. The molecular weight excluding hydrogens is 294 g/mol. The van der Waals surface area contributed by atoms with Crippen molar-refractivity contribution in [3.05, 3.63) is 47.3 Å². The minimum atomic E-state index is -0.0587. The minimum Gasteiger partial charge on any atom is -0.491 e. The standard InChI is InChI=1S/C17H23N3O3/c1-13-10-14(2)20(19-13)12-17(21)18-11-15-4-6-16(7-5-15)23-9-8-22-3/h4-7,10H,8-9,11-12H2,1-3H3,(H,18,21). The lowest BCUT2D eigenvalue weighted by atomic mass is 10.2. The molecule has 1 amide bonds. The number of methoxy groups -OCH3 is 1. The van der Waals surface area contributed by atoms with Crippen molar-refractivity contribution < 1.29 is 14.3 Å². The molecule has 6 heteroatoms. The number of aryl methyl sites for hydroxylation is 2. The highest BCUT2D eigenvalue weighted by atomic mass is 16.5. The van der Waals surface area contributed by atoms with E-state index in [1.807, 2.05) is 44.2 Å². The van der Waals surface area contributed by atoms with Gasteiger partial charge in [0.2, 0.25) is 5.91 Å². The van der Waals surface area contributed by atoms with Crippen molar-refractivity contribution in [2.24, 2.45) is 0 Å². The van der Waals surface area contributed by atoms with E-state index in [-0.39, 0.29) is 12.5 Å². The predicted molar refractivity (Wildman–Crippen MR) is 87.4 cm³/mol. The van der Waals surface area contributed by atoms with Crippen LogP contribution in [0.5, 0.6) is 5.75 Å². The van der Waals surface area contributed by atoms with Gasteiger partial charge in [-0.15, -0.1) is 0 Å². The van der Waals surface area contributed by atoms with E-state index in [0.717, 1.165) is 22.7 Å². The summed E-state index contributed by atoms with van der Waals surface area (Å²) in [4.78, 5) is 12.0. The van der Waals surface area contributed by atoms with Crippen LogP contribution in [0.4, 0.5) is 0 Å². The Hall–Kier alpha value is -2.34. The predicted octanol–water partition coefficient (Wildman–Crippen LogP) is 1.84. The smallest absolute Gasteiger partial charge is 0.242 e. The number of hydrogen-bond donors (Lipinski definition) is 1. The third-order valence-electron chi connectivity index (χ3n) is 3.37. The Morgan fingerprint density at radius 1 is 1.22 bits per heavy atom. The van der Waals surface area contributed by atoms with Crippen LogP contribution in [0.1, 0.15) is 17.0 Å². The van der Waals surface area contributed by atoms with Crippen LogP contribution in [0.3, 0.4) is 0 Å². The number of nitrogens with one attached hydrogen (secondary N) is 1. The summed E-state index contributed by atoms with van der Waals surface area (Å²) < 4.78 is 12.1. The average Bonchev–Trinajstić information content (AvgIpc) is 2.84. The van der Waals surface area contributed by atoms with Crippen LogP contribution in [-0.4, -0.2) is 36.0 Å². The van der Waals surface area contributed by atoms with Crippen molar-refractivity contribution >= 4 is 5.91 Å². The molecule has 0 aliphatic carbocycles. The van der Waals surface area contributed by atoms with Crippen molar-refractivity contribution in [2.75, 3.05) is 20.3 Å². The Kier molecular flexibility index (Phi) is 6.17. The van der Waals surface area contributed by atoms with E-state index < -0.39 is 0 Å². The van der Waals surface area contributed by atoms with E-state index in [0.29, 0.717) is 19.8 Å². The minimum absolute atomic E-state index is 0.0587. The van der Waals surface area contributed by atoms with Gasteiger partial charge in [0, 0.05) is 19.3 Å². The third kappa shape index (κ3) is 5.41. The fraction of sp³-hybridized carbons (Fsp3) is 0.412. The fourth-order valence-electron chi connectivity index (χ4n) is 2.17. The van der Waals surface area contributed by atoms with Crippen molar-refractivity contribution in [1.29, 1.82) is 0 Å². The zero-order valence-corrected chi connectivity index (χ0v) is 13.8. The van der Waals surface area contributed by atoms with Gasteiger partial charge in [-0.25, -0.2) is 0 Å². The first kappa shape index (κ1) is 17.0. The molecule has 0 saturated carbocycles. The third-order valence-corrected chi connectivity index (χ3v) is 3.37. The molecule has 0 atom stereocenters. The topological polar surface area (TPSA) is 65.4 Å². The second-order valence-electron chi connectivity index (χ2n) is 5.35. The number of carbonyl (C=O) groups excluding carboxylic acids is 1. The highest BCUT2D eigenvalue weighted by molar-refractivity contribution is 5.75. The van der Waals surface area contributed by atoms with Crippen molar-refractivity contribution in [2.45, 2.75) is 26.9 Å². The number of amides is 1. The van der Waals surface area contributed by atoms with Gasteiger partial charge < -0.3 is 14.8 Å². The van der Waals surface area contributed by atoms with Crippen LogP contribution in [0.15, 0.2) is 30.3 Å². The lowest BCUT2D eigenvalue weighted by molar-refractivity contribution is -0.122. The number of carbonyl (C=O) groups is 1. The summed E-state index contributed by atoms with van der Waals surface area (Å²) in [5.41, 5.74) is 2.92. The van der Waals surface area contributed by atoms with Crippen LogP contribution < -0.4 is 10.1 Å². The van der Waals surface area contributed by atoms with Gasteiger partial charge in [0.15, 0.2) is 0 Å². The van der Waals surface area contributed by atoms with Crippen molar-refractivity contribution in [3.8, 4) is 5.75 Å². The molecule has 0 saturated heterocycles. The molecule has 1 aromatic carbocycles. The Balaban J connectivity index is 1.78. The number of ether oxygens (including phenoxy) is 2. The molecule has 1 heterocycles. The van der Waals surface area contributed by atoms with Gasteiger partial charge in [-0.3, -0.25) is 9.48 Å². The van der Waals surface area contributed by atoms with Crippen LogP contribution in [0.25, 0.3) is 0 Å². The van der Waals surface area contributed by atoms with E-state index in [2.05, 4.69) is 10.4 Å². The Morgan fingerprint density at radius 2 is 1.96 bits per heavy atom. The van der Waals surface area contributed by atoms with Gasteiger partial charge >= 0.3 is 0 Å². The number of rotatable bonds is 8. The van der Waals surface area contributed by atoms with E-state index in [1.165, 1.54) is 0 Å². The summed E-state index contributed by atoms with van der Waals surface area (Å²) in [5.74, 6) is 0.733. The second-order valence-corrected chi connectivity index (χ2v) is 5.35. The monoisotopic (exact) mass is 317 g/mol. The molecular formula is C17H23N3O3. The second kappa shape index (κ2) is 8.33. The van der Waals surface area contributed by atoms with E-state index in [9.17, 15) is 4.79 Å². The first-order valence-electron chi connectivity index (χ1n) is 7.57. The Labute approximate surface area is 136 Å². The lowest BCUT2D eigenvalue weighted by Gasteiger charge is -2.08. The molecule has 0 spiro atoms. The van der Waals surface area contributed by atoms with Crippen LogP contribution >= 0.6 is 0 Å². The summed E-state index contributed by atoms with van der Waals surface area (Å²) in [6.45, 7) is 5.65. The van der Waals surface area contributed by atoms with Crippen LogP contribution in [-0.2, 0) is 22.6 Å². The maximum atomic E-state index is 12.0. The number of hydrogen-bond acceptors (Lipinski definition) is 4. The average molecular weight is 317 g/mol. The first-order valence-corrected chi connectivity index (χ1v) is 7.57. The summed E-state index contributed by atoms with van der Waals surface area (Å²) >= 11 is 0. The van der Waals surface area contributed by atoms with Gasteiger partial charge in [-0.1, -0.05) is 12.1 Å². The summed E-state index contributed by atoms with van der Waals surface area (Å²) in [6.07, 6.45) is 0. The quantitative estimate of drug-likeness (QED) is 0.755. The molecule has 1 aromatic heterocycles. The van der Waals surface area contributed by atoms with Gasteiger partial charge in [-0.05, 0) is 37.6 Å². The van der Waals surface area contributed by atoms with Gasteiger partial charge in [0.25, 0.3) is 0 Å². The molecule has 0 unspecified atom stereocenters. The molecule has 2 aromatic rings. The molecule has 23 heavy (non-hydrogen) atoms. The Morgan fingerprint density at radius 3 is 2.57 bits per heavy atom. The summed E-state index contributed by atoms with van der Waals surface area (Å²) in [7, 11) is 1.64. The van der Waals surface area contributed by atoms with Gasteiger partial charge in [-0.2, -0.15) is 5.10 Å². The van der Waals surface area contributed by atoms with Crippen molar-refractivity contribution in [1.82, 2.24) is 15.1 Å². The molecule has 2 rings (SSSR count). The van der Waals surface area contributed by atoms with Gasteiger partial charge in [0.1, 0.15) is 18.9 Å². The summed E-state index contributed by atoms with van der Waals surface area (Å²) in [5, 5.41) is 7.18. The first-order chi connectivity index (χ1) is 11.1. The maximum absolute atomic E-state index is 12.0. The number of nitrogens with zero attached hydrogens (tertiary/aromatic N) is 2. The molecule has 124 valence electrons. The van der Waals surface area contributed by atoms with Gasteiger partial charge in [0.05, 0.1) is 12.3 Å². The fourth-order valence-corrected chi connectivity index (χ4v) is 2.17. The molecule has 0 aliphatic rings. The normalized spacial score (nSPS) is 10.6.